The molecule has 2 heterocycles. The van der Waals surface area contributed by atoms with E-state index in [2.05, 4.69) is 5.32 Å². The molecule has 1 aliphatic rings. The molecule has 1 aromatic carbocycles. The Hall–Kier alpha value is -1.39. The number of carbonyl (C=O) groups is 1. The van der Waals surface area contributed by atoms with Gasteiger partial charge < -0.3 is 5.32 Å². The summed E-state index contributed by atoms with van der Waals surface area (Å²) in [5.41, 5.74) is 3.06. The number of nitrogens with one attached hydrogen (secondary N) is 1. The van der Waals surface area contributed by atoms with Crippen molar-refractivity contribution in [2.45, 2.75) is 25.1 Å². The molecular formula is C15H13ClFNOS. The molecule has 1 atom stereocenters. The fourth-order valence-corrected chi connectivity index (χ4v) is 3.81. The van der Waals surface area contributed by atoms with Crippen molar-refractivity contribution < 1.29 is 9.18 Å². The van der Waals surface area contributed by atoms with Gasteiger partial charge in [-0.05, 0) is 48.1 Å². The number of rotatable bonds is 2. The van der Waals surface area contributed by atoms with E-state index in [1.807, 2.05) is 18.4 Å². The lowest BCUT2D eigenvalue weighted by Gasteiger charge is -2.20. The molecule has 0 radical (unpaired) electrons. The molecule has 0 bridgehead atoms. The third-order valence-corrected chi connectivity index (χ3v) is 5.19. The summed E-state index contributed by atoms with van der Waals surface area (Å²) < 4.78 is 14.2. The van der Waals surface area contributed by atoms with Gasteiger partial charge in [0.2, 0.25) is 5.91 Å². The van der Waals surface area contributed by atoms with Crippen molar-refractivity contribution in [2.24, 2.45) is 0 Å². The van der Waals surface area contributed by atoms with Crippen LogP contribution in [-0.2, 0) is 11.2 Å². The Kier molecular flexibility index (Phi) is 3.52. The zero-order valence-electron chi connectivity index (χ0n) is 10.9. The van der Waals surface area contributed by atoms with Gasteiger partial charge >= 0.3 is 0 Å². The van der Waals surface area contributed by atoms with Gasteiger partial charge in [0.25, 0.3) is 0 Å². The van der Waals surface area contributed by atoms with Crippen molar-refractivity contribution in [1.82, 2.24) is 0 Å². The molecule has 1 aromatic heterocycles. The Bertz CT molecular complexity index is 683. The first-order valence-corrected chi connectivity index (χ1v) is 7.68. The van der Waals surface area contributed by atoms with E-state index in [9.17, 15) is 9.18 Å². The minimum absolute atomic E-state index is 0.0684. The summed E-state index contributed by atoms with van der Waals surface area (Å²) in [7, 11) is 0. The summed E-state index contributed by atoms with van der Waals surface area (Å²) in [6.45, 7) is 1.97. The highest BCUT2D eigenvalue weighted by atomic mass is 35.5. The van der Waals surface area contributed by atoms with Crippen molar-refractivity contribution in [3.05, 3.63) is 51.0 Å². The number of aryl methyl sites for hydroxylation is 2. The lowest BCUT2D eigenvalue weighted by molar-refractivity contribution is -0.116. The second-order valence-electron chi connectivity index (χ2n) is 4.91. The number of hydrogen-bond donors (Lipinski definition) is 1. The van der Waals surface area contributed by atoms with Crippen LogP contribution in [0.15, 0.2) is 23.6 Å². The number of amides is 1. The first kappa shape index (κ1) is 13.6. The van der Waals surface area contributed by atoms with Crippen LogP contribution in [0.25, 0.3) is 0 Å². The van der Waals surface area contributed by atoms with E-state index in [-0.39, 0.29) is 11.7 Å². The number of halogens is 2. The average molecular weight is 310 g/mol. The maximum absolute atomic E-state index is 14.2. The lowest BCUT2D eigenvalue weighted by atomic mass is 9.97. The van der Waals surface area contributed by atoms with Crippen LogP contribution in [0.2, 0.25) is 0 Å². The van der Waals surface area contributed by atoms with Gasteiger partial charge in [-0.25, -0.2) is 4.39 Å². The maximum atomic E-state index is 14.2. The molecule has 0 fully saturated rings. The van der Waals surface area contributed by atoms with Gasteiger partial charge in [0.05, 0.1) is 5.38 Å². The first-order valence-electron chi connectivity index (χ1n) is 6.36. The van der Waals surface area contributed by atoms with Crippen LogP contribution in [0.5, 0.6) is 0 Å². The molecule has 1 N–H and O–H groups in total. The summed E-state index contributed by atoms with van der Waals surface area (Å²) in [5, 5.41) is 4.16. The van der Waals surface area contributed by atoms with Gasteiger partial charge in [-0.2, -0.15) is 0 Å². The molecule has 0 saturated heterocycles. The van der Waals surface area contributed by atoms with E-state index in [1.54, 1.807) is 6.07 Å². The summed E-state index contributed by atoms with van der Waals surface area (Å²) in [6, 6.07) is 5.13. The topological polar surface area (TPSA) is 29.1 Å². The number of alkyl halides is 1. The van der Waals surface area contributed by atoms with Crippen LogP contribution in [-0.4, -0.2) is 5.91 Å². The molecule has 5 heteroatoms. The van der Waals surface area contributed by atoms with E-state index >= 15 is 0 Å². The Morgan fingerprint density at radius 2 is 2.20 bits per heavy atom. The smallest absolute Gasteiger partial charge is 0.224 e. The molecule has 0 aliphatic carbocycles. The third kappa shape index (κ3) is 2.34. The molecule has 0 spiro atoms. The summed E-state index contributed by atoms with van der Waals surface area (Å²) >= 11 is 7.97. The predicted molar refractivity (Wildman–Crippen MR) is 80.1 cm³/mol. The highest BCUT2D eigenvalue weighted by Gasteiger charge is 2.23. The largest absolute Gasteiger partial charge is 0.326 e. The standard InChI is InChI=1S/C15H13ClFNOS/c1-8-4-5-20-15(8)14(16)10-6-9-2-3-13(19)18-12(9)7-11(10)17/h4-7,14H,2-3H2,1H3,(H,18,19). The zero-order chi connectivity index (χ0) is 14.3. The number of carbonyl (C=O) groups excluding carboxylic acids is 1. The van der Waals surface area contributed by atoms with Crippen molar-refractivity contribution in [2.75, 3.05) is 5.32 Å². The third-order valence-electron chi connectivity index (χ3n) is 3.52. The van der Waals surface area contributed by atoms with Crippen LogP contribution < -0.4 is 5.32 Å². The lowest BCUT2D eigenvalue weighted by Crippen LogP contribution is -2.19. The highest BCUT2D eigenvalue weighted by molar-refractivity contribution is 7.10. The summed E-state index contributed by atoms with van der Waals surface area (Å²) in [4.78, 5) is 12.3. The SMILES string of the molecule is Cc1ccsc1C(Cl)c1cc2c(cc1F)NC(=O)CC2. The second kappa shape index (κ2) is 5.19. The fraction of sp³-hybridized carbons (Fsp3) is 0.267. The van der Waals surface area contributed by atoms with Gasteiger partial charge in [-0.1, -0.05) is 0 Å². The molecule has 104 valence electrons. The molecule has 1 amide bonds. The van der Waals surface area contributed by atoms with Gasteiger partial charge in [0.15, 0.2) is 0 Å². The highest BCUT2D eigenvalue weighted by Crippen LogP contribution is 2.38. The molecular weight excluding hydrogens is 297 g/mol. The van der Waals surface area contributed by atoms with Crippen molar-refractivity contribution in [3.8, 4) is 0 Å². The molecule has 0 saturated carbocycles. The van der Waals surface area contributed by atoms with E-state index in [0.29, 0.717) is 24.1 Å². The van der Waals surface area contributed by atoms with E-state index in [0.717, 1.165) is 16.0 Å². The first-order chi connectivity index (χ1) is 9.56. The number of hydrogen-bond acceptors (Lipinski definition) is 2. The Morgan fingerprint density at radius 1 is 1.40 bits per heavy atom. The maximum Gasteiger partial charge on any atom is 0.224 e. The molecule has 2 aromatic rings. The number of anilines is 1. The number of fused-ring (bicyclic) bond motifs is 1. The minimum atomic E-state index is -0.488. The quantitative estimate of drug-likeness (QED) is 0.818. The Labute approximate surface area is 125 Å². The number of benzene rings is 1. The Balaban J connectivity index is 2.02. The van der Waals surface area contributed by atoms with Gasteiger partial charge in [-0.3, -0.25) is 4.79 Å². The van der Waals surface area contributed by atoms with E-state index < -0.39 is 5.38 Å². The predicted octanol–water partition coefficient (Wildman–Crippen LogP) is 4.41. The fourth-order valence-electron chi connectivity index (χ4n) is 2.40. The van der Waals surface area contributed by atoms with Gasteiger partial charge in [-0.15, -0.1) is 22.9 Å². The normalized spacial score (nSPS) is 15.7. The van der Waals surface area contributed by atoms with Crippen LogP contribution in [0.1, 0.15) is 33.4 Å². The second-order valence-corrected chi connectivity index (χ2v) is 6.29. The Morgan fingerprint density at radius 3 is 2.90 bits per heavy atom. The summed E-state index contributed by atoms with van der Waals surface area (Å²) in [6.07, 6.45) is 1.06. The van der Waals surface area contributed by atoms with Crippen molar-refractivity contribution in [1.29, 1.82) is 0 Å². The summed E-state index contributed by atoms with van der Waals surface area (Å²) in [5.74, 6) is -0.445. The van der Waals surface area contributed by atoms with Crippen LogP contribution in [0.3, 0.4) is 0 Å². The van der Waals surface area contributed by atoms with E-state index in [1.165, 1.54) is 17.4 Å². The molecule has 1 unspecified atom stereocenters. The molecule has 3 rings (SSSR count). The average Bonchev–Trinajstić information content (AvgIpc) is 2.83. The van der Waals surface area contributed by atoms with Crippen LogP contribution >= 0.6 is 22.9 Å². The molecule has 20 heavy (non-hydrogen) atoms. The molecule has 1 aliphatic heterocycles. The van der Waals surface area contributed by atoms with Crippen LogP contribution in [0, 0.1) is 12.7 Å². The van der Waals surface area contributed by atoms with E-state index in [4.69, 9.17) is 11.6 Å². The monoisotopic (exact) mass is 309 g/mol. The van der Waals surface area contributed by atoms with Crippen molar-refractivity contribution in [3.63, 3.8) is 0 Å². The molecule has 2 nitrogen and oxygen atoms in total. The number of thiophene rings is 1. The minimum Gasteiger partial charge on any atom is -0.326 e. The van der Waals surface area contributed by atoms with Crippen LogP contribution in [0.4, 0.5) is 10.1 Å². The zero-order valence-corrected chi connectivity index (χ0v) is 12.4. The van der Waals surface area contributed by atoms with Gasteiger partial charge in [0.1, 0.15) is 5.82 Å². The van der Waals surface area contributed by atoms with Crippen molar-refractivity contribution >= 4 is 34.5 Å². The van der Waals surface area contributed by atoms with Gasteiger partial charge in [0, 0.05) is 22.5 Å².